The molecule has 1 aromatic carbocycles. The first-order valence-electron chi connectivity index (χ1n) is 9.27. The van der Waals surface area contributed by atoms with Gasteiger partial charge in [0.05, 0.1) is 16.3 Å². The Morgan fingerprint density at radius 1 is 1.19 bits per heavy atom. The van der Waals surface area contributed by atoms with Gasteiger partial charge in [-0.1, -0.05) is 13.8 Å². The lowest BCUT2D eigenvalue weighted by Gasteiger charge is -2.20. The highest BCUT2D eigenvalue weighted by molar-refractivity contribution is 7.89. The number of carbonyl (C=O) groups is 1. The van der Waals surface area contributed by atoms with Crippen molar-refractivity contribution in [2.45, 2.75) is 51.0 Å². The SMILES string of the molecule is CCNc1ccc(S(=O)(=O)N(CC)CC)cc1NC(=O)C1CCC(N)C1.Cl. The first-order valence-corrected chi connectivity index (χ1v) is 10.7. The van der Waals surface area contributed by atoms with Crippen molar-refractivity contribution in [2.75, 3.05) is 30.3 Å². The number of anilines is 2. The fraction of sp³-hybridized carbons (Fsp3) is 0.611. The fourth-order valence-electron chi connectivity index (χ4n) is 3.33. The van der Waals surface area contributed by atoms with Crippen LogP contribution in [-0.2, 0) is 14.8 Å². The summed E-state index contributed by atoms with van der Waals surface area (Å²) in [4.78, 5) is 12.8. The van der Waals surface area contributed by atoms with Gasteiger partial charge in [0.25, 0.3) is 0 Å². The number of nitrogens with one attached hydrogen (secondary N) is 2. The van der Waals surface area contributed by atoms with E-state index >= 15 is 0 Å². The van der Waals surface area contributed by atoms with Gasteiger partial charge in [0, 0.05) is 31.6 Å². The van der Waals surface area contributed by atoms with E-state index in [2.05, 4.69) is 10.6 Å². The number of nitrogens with two attached hydrogens (primary N) is 1. The molecule has 0 spiro atoms. The number of amides is 1. The molecule has 154 valence electrons. The number of benzene rings is 1. The van der Waals surface area contributed by atoms with Crippen LogP contribution in [0.25, 0.3) is 0 Å². The second-order valence-corrected chi connectivity index (χ2v) is 8.52. The van der Waals surface area contributed by atoms with Crippen molar-refractivity contribution >= 4 is 39.7 Å². The van der Waals surface area contributed by atoms with Crippen molar-refractivity contribution in [3.8, 4) is 0 Å². The van der Waals surface area contributed by atoms with Gasteiger partial charge in [-0.2, -0.15) is 4.31 Å². The maximum absolute atomic E-state index is 12.8. The summed E-state index contributed by atoms with van der Waals surface area (Å²) < 4.78 is 27.0. The van der Waals surface area contributed by atoms with Gasteiger partial charge in [0.2, 0.25) is 15.9 Å². The van der Waals surface area contributed by atoms with E-state index in [9.17, 15) is 13.2 Å². The molecule has 0 bridgehead atoms. The summed E-state index contributed by atoms with van der Waals surface area (Å²) in [6.45, 7) is 7.02. The maximum Gasteiger partial charge on any atom is 0.243 e. The zero-order valence-corrected chi connectivity index (χ0v) is 17.8. The van der Waals surface area contributed by atoms with Crippen LogP contribution in [0.5, 0.6) is 0 Å². The lowest BCUT2D eigenvalue weighted by molar-refractivity contribution is -0.119. The number of nitrogens with zero attached hydrogens (tertiary/aromatic N) is 1. The zero-order chi connectivity index (χ0) is 19.3. The van der Waals surface area contributed by atoms with Crippen LogP contribution in [0.3, 0.4) is 0 Å². The number of halogens is 1. The molecule has 1 aromatic rings. The van der Waals surface area contributed by atoms with Gasteiger partial charge in [0.15, 0.2) is 0 Å². The Morgan fingerprint density at radius 3 is 2.37 bits per heavy atom. The maximum atomic E-state index is 12.8. The molecule has 0 heterocycles. The molecule has 9 heteroatoms. The number of hydrogen-bond donors (Lipinski definition) is 3. The van der Waals surface area contributed by atoms with Crippen LogP contribution >= 0.6 is 12.4 Å². The molecule has 4 N–H and O–H groups in total. The molecule has 0 aromatic heterocycles. The quantitative estimate of drug-likeness (QED) is 0.601. The van der Waals surface area contributed by atoms with Crippen molar-refractivity contribution in [2.24, 2.45) is 11.7 Å². The van der Waals surface area contributed by atoms with Crippen molar-refractivity contribution in [3.05, 3.63) is 18.2 Å². The lowest BCUT2D eigenvalue weighted by atomic mass is 10.1. The molecule has 27 heavy (non-hydrogen) atoms. The van der Waals surface area contributed by atoms with Crippen LogP contribution < -0.4 is 16.4 Å². The van der Waals surface area contributed by atoms with Gasteiger partial charge in [-0.3, -0.25) is 4.79 Å². The molecule has 2 rings (SSSR count). The van der Waals surface area contributed by atoms with E-state index in [1.807, 2.05) is 6.92 Å². The van der Waals surface area contributed by atoms with Crippen LogP contribution in [0.15, 0.2) is 23.1 Å². The second kappa shape index (κ2) is 10.3. The number of sulfonamides is 1. The van der Waals surface area contributed by atoms with Gasteiger partial charge < -0.3 is 16.4 Å². The first-order chi connectivity index (χ1) is 12.3. The smallest absolute Gasteiger partial charge is 0.243 e. The molecule has 2 unspecified atom stereocenters. The number of rotatable bonds is 8. The molecule has 0 aliphatic heterocycles. The minimum absolute atomic E-state index is 0. The molecule has 1 aliphatic carbocycles. The van der Waals surface area contributed by atoms with Gasteiger partial charge in [-0.15, -0.1) is 12.4 Å². The summed E-state index contributed by atoms with van der Waals surface area (Å²) >= 11 is 0. The predicted molar refractivity (Wildman–Crippen MR) is 112 cm³/mol. The summed E-state index contributed by atoms with van der Waals surface area (Å²) in [6.07, 6.45) is 2.27. The van der Waals surface area contributed by atoms with Crippen molar-refractivity contribution < 1.29 is 13.2 Å². The minimum atomic E-state index is -3.58. The van der Waals surface area contributed by atoms with Crippen molar-refractivity contribution in [1.82, 2.24) is 4.31 Å². The molecular formula is C18H31ClN4O3S. The summed E-state index contributed by atoms with van der Waals surface area (Å²) in [5, 5.41) is 6.07. The van der Waals surface area contributed by atoms with Crippen LogP contribution in [0.2, 0.25) is 0 Å². The van der Waals surface area contributed by atoms with Crippen LogP contribution in [-0.4, -0.2) is 44.3 Å². The fourth-order valence-corrected chi connectivity index (χ4v) is 4.82. The average Bonchev–Trinajstić information content (AvgIpc) is 3.04. The van der Waals surface area contributed by atoms with E-state index in [0.29, 0.717) is 37.4 Å². The van der Waals surface area contributed by atoms with Crippen molar-refractivity contribution in [1.29, 1.82) is 0 Å². The molecule has 1 amide bonds. The Morgan fingerprint density at radius 2 is 1.85 bits per heavy atom. The monoisotopic (exact) mass is 418 g/mol. The van der Waals surface area contributed by atoms with Crippen molar-refractivity contribution in [3.63, 3.8) is 0 Å². The van der Waals surface area contributed by atoms with E-state index in [-0.39, 0.29) is 35.2 Å². The highest BCUT2D eigenvalue weighted by atomic mass is 35.5. The summed E-state index contributed by atoms with van der Waals surface area (Å²) in [5.41, 5.74) is 7.10. The molecule has 1 fully saturated rings. The van der Waals surface area contributed by atoms with Crippen LogP contribution in [0.1, 0.15) is 40.0 Å². The third-order valence-electron chi connectivity index (χ3n) is 4.80. The minimum Gasteiger partial charge on any atom is -0.384 e. The van der Waals surface area contributed by atoms with E-state index in [4.69, 9.17) is 5.73 Å². The van der Waals surface area contributed by atoms with E-state index in [0.717, 1.165) is 12.8 Å². The number of hydrogen-bond acceptors (Lipinski definition) is 5. The number of carbonyl (C=O) groups excluding carboxylic acids is 1. The molecule has 7 nitrogen and oxygen atoms in total. The largest absolute Gasteiger partial charge is 0.384 e. The Bertz CT molecular complexity index is 738. The van der Waals surface area contributed by atoms with Crippen LogP contribution in [0.4, 0.5) is 11.4 Å². The Labute approximate surface area is 168 Å². The molecule has 2 atom stereocenters. The van der Waals surface area contributed by atoms with E-state index in [1.54, 1.807) is 32.0 Å². The third kappa shape index (κ3) is 5.57. The Kier molecular flexibility index (Phi) is 9.01. The van der Waals surface area contributed by atoms with Gasteiger partial charge >= 0.3 is 0 Å². The molecular weight excluding hydrogens is 388 g/mol. The van der Waals surface area contributed by atoms with E-state index in [1.165, 1.54) is 4.31 Å². The summed E-state index contributed by atoms with van der Waals surface area (Å²) in [7, 11) is -3.58. The molecule has 0 radical (unpaired) electrons. The topological polar surface area (TPSA) is 105 Å². The zero-order valence-electron chi connectivity index (χ0n) is 16.2. The van der Waals surface area contributed by atoms with Gasteiger partial charge in [0.1, 0.15) is 0 Å². The molecule has 0 saturated heterocycles. The Hall–Kier alpha value is -1.35. The predicted octanol–water partition coefficient (Wildman–Crippen LogP) is 2.64. The average molecular weight is 419 g/mol. The molecule has 1 aliphatic rings. The molecule has 1 saturated carbocycles. The summed E-state index contributed by atoms with van der Waals surface area (Å²) in [5.74, 6) is -0.225. The van der Waals surface area contributed by atoms with Gasteiger partial charge in [-0.25, -0.2) is 8.42 Å². The standard InChI is InChI=1S/C18H30N4O3S.ClH/c1-4-20-16-10-9-15(26(24,25)22(5-2)6-3)12-17(16)21-18(23)13-7-8-14(19)11-13;/h9-10,12-14,20H,4-8,11,19H2,1-3H3,(H,21,23);1H. The highest BCUT2D eigenvalue weighted by Gasteiger charge is 2.29. The second-order valence-electron chi connectivity index (χ2n) is 6.59. The lowest BCUT2D eigenvalue weighted by Crippen LogP contribution is -2.30. The summed E-state index contributed by atoms with van der Waals surface area (Å²) in [6, 6.07) is 4.88. The third-order valence-corrected chi connectivity index (χ3v) is 6.85. The van der Waals surface area contributed by atoms with Crippen LogP contribution in [0, 0.1) is 5.92 Å². The Balaban J connectivity index is 0.00000364. The van der Waals surface area contributed by atoms with E-state index < -0.39 is 10.0 Å². The normalized spacial score (nSPS) is 19.6. The highest BCUT2D eigenvalue weighted by Crippen LogP contribution is 2.30. The van der Waals surface area contributed by atoms with Gasteiger partial charge in [-0.05, 0) is 44.4 Å². The first kappa shape index (κ1) is 23.7.